The van der Waals surface area contributed by atoms with E-state index in [0.717, 1.165) is 0 Å². The molecule has 134 valence electrons. The number of nitrogens with zero attached hydrogens (tertiary/aromatic N) is 2. The van der Waals surface area contributed by atoms with E-state index in [1.54, 1.807) is 67.6 Å². The van der Waals surface area contributed by atoms with Crippen LogP contribution in [0.25, 0.3) is 16.6 Å². The lowest BCUT2D eigenvalue weighted by Gasteiger charge is -2.19. The third-order valence-corrected chi connectivity index (χ3v) is 5.11. The summed E-state index contributed by atoms with van der Waals surface area (Å²) in [5.41, 5.74) is 2.39. The summed E-state index contributed by atoms with van der Waals surface area (Å²) >= 11 is 0. The summed E-state index contributed by atoms with van der Waals surface area (Å²) in [6.45, 7) is 1.75. The van der Waals surface area contributed by atoms with Crippen LogP contribution < -0.4 is 5.56 Å². The van der Waals surface area contributed by atoms with Gasteiger partial charge in [-0.3, -0.25) is 19.0 Å². The molecule has 0 atom stereocenters. The van der Waals surface area contributed by atoms with E-state index in [-0.39, 0.29) is 17.1 Å². The van der Waals surface area contributed by atoms with Crippen LogP contribution in [0.3, 0.4) is 0 Å². The smallest absolute Gasteiger partial charge is 0.265 e. The van der Waals surface area contributed by atoms with E-state index >= 15 is 0 Å². The van der Waals surface area contributed by atoms with Gasteiger partial charge in [-0.1, -0.05) is 36.4 Å². The highest BCUT2D eigenvalue weighted by atomic mass is 16.1. The Kier molecular flexibility index (Phi) is 3.39. The number of ketones is 2. The maximum absolute atomic E-state index is 13.0. The molecule has 1 aromatic heterocycles. The van der Waals surface area contributed by atoms with Crippen molar-refractivity contribution in [2.45, 2.75) is 6.92 Å². The Hall–Kier alpha value is -3.86. The van der Waals surface area contributed by atoms with Gasteiger partial charge in [0.15, 0.2) is 11.6 Å². The number of aryl methyl sites for hydroxylation is 1. The van der Waals surface area contributed by atoms with Crippen molar-refractivity contribution in [1.82, 2.24) is 9.55 Å². The van der Waals surface area contributed by atoms with Gasteiger partial charge in [0.1, 0.15) is 5.82 Å². The van der Waals surface area contributed by atoms with Gasteiger partial charge in [0.25, 0.3) is 5.56 Å². The number of aromatic nitrogens is 2. The molecule has 0 saturated carbocycles. The number of rotatable bonds is 1. The number of benzene rings is 3. The third-order valence-electron chi connectivity index (χ3n) is 5.11. The van der Waals surface area contributed by atoms with Gasteiger partial charge in [-0.05, 0) is 37.3 Å². The summed E-state index contributed by atoms with van der Waals surface area (Å²) in [7, 11) is 0. The largest absolute Gasteiger partial charge is 0.289 e. The van der Waals surface area contributed by atoms with Crippen LogP contribution in [0.15, 0.2) is 71.5 Å². The average molecular weight is 366 g/mol. The number of para-hydroxylation sites is 1. The minimum absolute atomic E-state index is 0.183. The molecule has 5 nitrogen and oxygen atoms in total. The van der Waals surface area contributed by atoms with Crippen LogP contribution in [0.4, 0.5) is 0 Å². The van der Waals surface area contributed by atoms with Crippen molar-refractivity contribution in [1.29, 1.82) is 0 Å². The van der Waals surface area contributed by atoms with Gasteiger partial charge in [0.2, 0.25) is 0 Å². The zero-order valence-corrected chi connectivity index (χ0v) is 15.0. The maximum Gasteiger partial charge on any atom is 0.265 e. The molecular formula is C23H14N2O3. The van der Waals surface area contributed by atoms with E-state index in [0.29, 0.717) is 44.7 Å². The van der Waals surface area contributed by atoms with Gasteiger partial charge < -0.3 is 0 Å². The second-order valence-electron chi connectivity index (χ2n) is 6.75. The first-order valence-electron chi connectivity index (χ1n) is 8.87. The molecule has 28 heavy (non-hydrogen) atoms. The lowest BCUT2D eigenvalue weighted by molar-refractivity contribution is 0.0979. The Morgan fingerprint density at radius 2 is 1.32 bits per heavy atom. The van der Waals surface area contributed by atoms with Crippen LogP contribution in [0.1, 0.15) is 37.7 Å². The number of carbonyl (C=O) groups excluding carboxylic acids is 2. The van der Waals surface area contributed by atoms with Gasteiger partial charge in [-0.25, -0.2) is 4.98 Å². The summed E-state index contributed by atoms with van der Waals surface area (Å²) in [5.74, 6) is 0.114. The molecule has 3 aromatic carbocycles. The molecular weight excluding hydrogens is 352 g/mol. The van der Waals surface area contributed by atoms with Crippen LogP contribution >= 0.6 is 0 Å². The van der Waals surface area contributed by atoms with Crippen LogP contribution in [0.2, 0.25) is 0 Å². The highest BCUT2D eigenvalue weighted by molar-refractivity contribution is 6.28. The maximum atomic E-state index is 13.0. The fourth-order valence-electron chi connectivity index (χ4n) is 3.77. The van der Waals surface area contributed by atoms with E-state index in [4.69, 9.17) is 0 Å². The molecule has 5 rings (SSSR count). The lowest BCUT2D eigenvalue weighted by Crippen LogP contribution is -2.24. The van der Waals surface area contributed by atoms with Gasteiger partial charge >= 0.3 is 0 Å². The Morgan fingerprint density at radius 1 is 0.714 bits per heavy atom. The molecule has 0 unspecified atom stereocenters. The van der Waals surface area contributed by atoms with Crippen LogP contribution in [-0.4, -0.2) is 21.1 Å². The average Bonchev–Trinajstić information content (AvgIpc) is 2.72. The van der Waals surface area contributed by atoms with Gasteiger partial charge in [-0.2, -0.15) is 0 Å². The fraction of sp³-hybridized carbons (Fsp3) is 0.0435. The number of fused-ring (bicyclic) bond motifs is 3. The minimum Gasteiger partial charge on any atom is -0.289 e. The molecule has 0 N–H and O–H groups in total. The molecule has 0 fully saturated rings. The molecule has 5 heteroatoms. The van der Waals surface area contributed by atoms with E-state index in [1.165, 1.54) is 4.57 Å². The van der Waals surface area contributed by atoms with Gasteiger partial charge in [-0.15, -0.1) is 0 Å². The Bertz CT molecular complexity index is 1380. The van der Waals surface area contributed by atoms with Crippen molar-refractivity contribution in [2.24, 2.45) is 0 Å². The van der Waals surface area contributed by atoms with Crippen molar-refractivity contribution in [2.75, 3.05) is 0 Å². The number of hydrogen-bond donors (Lipinski definition) is 0. The third kappa shape index (κ3) is 2.19. The molecule has 0 aliphatic heterocycles. The molecule has 1 aliphatic rings. The van der Waals surface area contributed by atoms with E-state index in [1.807, 2.05) is 6.07 Å². The van der Waals surface area contributed by atoms with Crippen LogP contribution in [0, 0.1) is 6.92 Å². The first kappa shape index (κ1) is 16.3. The van der Waals surface area contributed by atoms with E-state index < -0.39 is 0 Å². The number of hydrogen-bond acceptors (Lipinski definition) is 4. The summed E-state index contributed by atoms with van der Waals surface area (Å²) in [4.78, 5) is 43.3. The van der Waals surface area contributed by atoms with Crippen molar-refractivity contribution < 1.29 is 9.59 Å². The van der Waals surface area contributed by atoms with Crippen LogP contribution in [0.5, 0.6) is 0 Å². The molecule has 0 amide bonds. The van der Waals surface area contributed by atoms with Crippen LogP contribution in [-0.2, 0) is 0 Å². The quantitative estimate of drug-likeness (QED) is 0.456. The molecule has 1 aliphatic carbocycles. The molecule has 0 radical (unpaired) electrons. The van der Waals surface area contributed by atoms with Crippen molar-refractivity contribution in [3.8, 4) is 5.69 Å². The first-order chi connectivity index (χ1) is 13.6. The van der Waals surface area contributed by atoms with Crippen molar-refractivity contribution in [3.05, 3.63) is 105 Å². The SMILES string of the molecule is Cc1nc2ccccc2c(=O)n1-c1ccc2c(c1)C(=O)c1ccccc1C2=O. The van der Waals surface area contributed by atoms with Crippen molar-refractivity contribution >= 4 is 22.5 Å². The van der Waals surface area contributed by atoms with E-state index in [9.17, 15) is 14.4 Å². The molecule has 0 bridgehead atoms. The summed E-state index contributed by atoms with van der Waals surface area (Å²) in [6, 6.07) is 18.8. The Balaban J connectivity index is 1.75. The normalized spacial score (nSPS) is 12.8. The molecule has 1 heterocycles. The fourth-order valence-corrected chi connectivity index (χ4v) is 3.77. The Morgan fingerprint density at radius 3 is 2.07 bits per heavy atom. The zero-order chi connectivity index (χ0) is 19.4. The minimum atomic E-state index is -0.216. The molecule has 0 saturated heterocycles. The monoisotopic (exact) mass is 366 g/mol. The topological polar surface area (TPSA) is 69.0 Å². The molecule has 4 aromatic rings. The first-order valence-corrected chi connectivity index (χ1v) is 8.87. The molecule has 0 spiro atoms. The zero-order valence-electron chi connectivity index (χ0n) is 15.0. The second kappa shape index (κ2) is 5.82. The second-order valence-corrected chi connectivity index (χ2v) is 6.75. The van der Waals surface area contributed by atoms with Gasteiger partial charge in [0, 0.05) is 22.3 Å². The standard InChI is InChI=1S/C23H14N2O3/c1-13-24-20-9-5-4-8-18(20)23(28)25(13)14-10-11-17-19(12-14)22(27)16-7-3-2-6-15(16)21(17)26/h2-12H,1H3. The lowest BCUT2D eigenvalue weighted by atomic mass is 9.84. The summed E-state index contributed by atoms with van der Waals surface area (Å²) in [6.07, 6.45) is 0. The van der Waals surface area contributed by atoms with E-state index in [2.05, 4.69) is 4.98 Å². The van der Waals surface area contributed by atoms with Gasteiger partial charge in [0.05, 0.1) is 16.6 Å². The predicted octanol–water partition coefficient (Wildman–Crippen LogP) is 3.47. The van der Waals surface area contributed by atoms with Crippen molar-refractivity contribution in [3.63, 3.8) is 0 Å². The summed E-state index contributed by atoms with van der Waals surface area (Å²) in [5, 5.41) is 0.499. The summed E-state index contributed by atoms with van der Waals surface area (Å²) < 4.78 is 1.47. The predicted molar refractivity (Wildman–Crippen MR) is 105 cm³/mol. The number of carbonyl (C=O) groups is 2. The highest BCUT2D eigenvalue weighted by Gasteiger charge is 2.29. The Labute approximate surface area is 159 Å². The highest BCUT2D eigenvalue weighted by Crippen LogP contribution is 2.28.